The average molecular weight is 204 g/mol. The fraction of sp³-hybridized carbons (Fsp3) is 0.875. The molecule has 0 aromatic heterocycles. The highest BCUT2D eigenvalue weighted by Gasteiger charge is 2.23. The lowest BCUT2D eigenvalue weighted by Crippen LogP contribution is -2.54. The topological polar surface area (TPSA) is 49.4 Å². The normalized spacial score (nSPS) is 26.2. The Balaban J connectivity index is 2.40. The van der Waals surface area contributed by atoms with Crippen molar-refractivity contribution >= 4 is 16.7 Å². The van der Waals surface area contributed by atoms with E-state index in [1.165, 1.54) is 0 Å². The maximum absolute atomic E-state index is 11.5. The van der Waals surface area contributed by atoms with Crippen LogP contribution in [0.2, 0.25) is 0 Å². The first-order chi connectivity index (χ1) is 6.11. The van der Waals surface area contributed by atoms with Crippen molar-refractivity contribution in [3.05, 3.63) is 0 Å². The van der Waals surface area contributed by atoms with Crippen molar-refractivity contribution in [2.75, 3.05) is 31.6 Å². The van der Waals surface area contributed by atoms with Crippen LogP contribution in [0.5, 0.6) is 0 Å². The third kappa shape index (κ3) is 3.08. The van der Waals surface area contributed by atoms with E-state index in [0.29, 0.717) is 12.3 Å². The van der Waals surface area contributed by atoms with E-state index < -0.39 is 10.8 Å². The first kappa shape index (κ1) is 10.7. The molecule has 0 spiro atoms. The second-order valence-electron chi connectivity index (χ2n) is 3.28. The fourth-order valence-corrected chi connectivity index (χ4v) is 1.83. The molecule has 2 atom stereocenters. The Morgan fingerprint density at radius 2 is 2.38 bits per heavy atom. The van der Waals surface area contributed by atoms with Crippen molar-refractivity contribution < 1.29 is 9.00 Å². The monoisotopic (exact) mass is 204 g/mol. The molecular weight excluding hydrogens is 188 g/mol. The second-order valence-corrected chi connectivity index (χ2v) is 4.83. The minimum atomic E-state index is -0.808. The van der Waals surface area contributed by atoms with Gasteiger partial charge in [-0.15, -0.1) is 0 Å². The van der Waals surface area contributed by atoms with E-state index in [1.54, 1.807) is 11.2 Å². The van der Waals surface area contributed by atoms with Gasteiger partial charge >= 0.3 is 0 Å². The Morgan fingerprint density at radius 3 is 3.00 bits per heavy atom. The number of nitrogens with one attached hydrogen (secondary N) is 1. The van der Waals surface area contributed by atoms with Crippen LogP contribution in [0.15, 0.2) is 0 Å². The summed E-state index contributed by atoms with van der Waals surface area (Å²) in [7, 11) is -0.808. The van der Waals surface area contributed by atoms with E-state index in [1.807, 2.05) is 6.92 Å². The molecule has 1 heterocycles. The lowest BCUT2D eigenvalue weighted by molar-refractivity contribution is -0.134. The third-order valence-electron chi connectivity index (χ3n) is 2.16. The predicted molar refractivity (Wildman–Crippen MR) is 53.0 cm³/mol. The van der Waals surface area contributed by atoms with Gasteiger partial charge in [0, 0.05) is 42.4 Å². The Hall–Kier alpha value is -0.420. The molecule has 4 nitrogen and oxygen atoms in total. The highest BCUT2D eigenvalue weighted by Crippen LogP contribution is 2.00. The highest BCUT2D eigenvalue weighted by molar-refractivity contribution is 7.84. The molecule has 1 amide bonds. The summed E-state index contributed by atoms with van der Waals surface area (Å²) < 4.78 is 10.8. The molecule has 2 unspecified atom stereocenters. The van der Waals surface area contributed by atoms with Gasteiger partial charge in [0.15, 0.2) is 0 Å². The molecule has 1 saturated heterocycles. The number of piperazine rings is 1. The van der Waals surface area contributed by atoms with Crippen LogP contribution in [-0.4, -0.2) is 52.7 Å². The number of amides is 1. The molecule has 76 valence electrons. The zero-order valence-electron chi connectivity index (χ0n) is 8.08. The van der Waals surface area contributed by atoms with Crippen molar-refractivity contribution in [2.24, 2.45) is 0 Å². The number of hydrogen-bond acceptors (Lipinski definition) is 3. The maximum Gasteiger partial charge on any atom is 0.239 e. The molecule has 1 N–H and O–H groups in total. The summed E-state index contributed by atoms with van der Waals surface area (Å²) in [6.45, 7) is 4.05. The zero-order valence-corrected chi connectivity index (χ0v) is 8.89. The SMILES string of the molecule is CC1NCCN(CCS(C)=O)C1=O. The van der Waals surface area contributed by atoms with Crippen LogP contribution in [0.1, 0.15) is 6.92 Å². The summed E-state index contributed by atoms with van der Waals surface area (Å²) in [5.74, 6) is 0.704. The first-order valence-corrected chi connectivity index (χ1v) is 6.16. The summed E-state index contributed by atoms with van der Waals surface area (Å²) in [5.41, 5.74) is 0. The smallest absolute Gasteiger partial charge is 0.239 e. The maximum atomic E-state index is 11.5. The summed E-state index contributed by atoms with van der Waals surface area (Å²) in [6.07, 6.45) is 1.66. The van der Waals surface area contributed by atoms with E-state index in [0.717, 1.165) is 13.1 Å². The standard InChI is InChI=1S/C8H16N2O2S/c1-7-8(11)10(4-3-9-7)5-6-13(2)12/h7,9H,3-6H2,1-2H3. The lowest BCUT2D eigenvalue weighted by Gasteiger charge is -2.31. The molecular formula is C8H16N2O2S. The van der Waals surface area contributed by atoms with Crippen LogP contribution < -0.4 is 5.32 Å². The molecule has 0 bridgehead atoms. The van der Waals surface area contributed by atoms with Crippen LogP contribution in [-0.2, 0) is 15.6 Å². The first-order valence-electron chi connectivity index (χ1n) is 4.43. The minimum Gasteiger partial charge on any atom is -0.339 e. The second kappa shape index (κ2) is 4.72. The Labute approximate surface area is 81.1 Å². The van der Waals surface area contributed by atoms with Crippen molar-refractivity contribution in [2.45, 2.75) is 13.0 Å². The third-order valence-corrected chi connectivity index (χ3v) is 2.92. The average Bonchev–Trinajstić information content (AvgIpc) is 2.07. The van der Waals surface area contributed by atoms with E-state index in [2.05, 4.69) is 5.32 Å². The molecule has 5 heteroatoms. The van der Waals surface area contributed by atoms with Crippen LogP contribution in [0.3, 0.4) is 0 Å². The summed E-state index contributed by atoms with van der Waals surface area (Å²) in [5, 5.41) is 3.08. The molecule has 1 aliphatic heterocycles. The Bertz CT molecular complexity index is 220. The zero-order chi connectivity index (χ0) is 9.84. The number of carbonyl (C=O) groups excluding carboxylic acids is 1. The van der Waals surface area contributed by atoms with Crippen molar-refractivity contribution in [3.63, 3.8) is 0 Å². The molecule has 0 aromatic carbocycles. The van der Waals surface area contributed by atoms with Crippen molar-refractivity contribution in [1.82, 2.24) is 10.2 Å². The number of carbonyl (C=O) groups is 1. The molecule has 13 heavy (non-hydrogen) atoms. The molecule has 0 radical (unpaired) electrons. The Morgan fingerprint density at radius 1 is 1.69 bits per heavy atom. The summed E-state index contributed by atoms with van der Waals surface area (Å²) in [4.78, 5) is 13.3. The fourth-order valence-electron chi connectivity index (χ4n) is 1.35. The van der Waals surface area contributed by atoms with Gasteiger partial charge in [0.2, 0.25) is 5.91 Å². The van der Waals surface area contributed by atoms with Gasteiger partial charge < -0.3 is 10.2 Å². The van der Waals surface area contributed by atoms with Gasteiger partial charge in [0.1, 0.15) is 0 Å². The van der Waals surface area contributed by atoms with Crippen LogP contribution >= 0.6 is 0 Å². The van der Waals surface area contributed by atoms with Crippen LogP contribution in [0.4, 0.5) is 0 Å². The van der Waals surface area contributed by atoms with Crippen LogP contribution in [0, 0.1) is 0 Å². The number of hydrogen-bond donors (Lipinski definition) is 1. The largest absolute Gasteiger partial charge is 0.339 e. The lowest BCUT2D eigenvalue weighted by atomic mass is 10.2. The van der Waals surface area contributed by atoms with Crippen molar-refractivity contribution in [3.8, 4) is 0 Å². The predicted octanol–water partition coefficient (Wildman–Crippen LogP) is -0.815. The van der Waals surface area contributed by atoms with Crippen molar-refractivity contribution in [1.29, 1.82) is 0 Å². The van der Waals surface area contributed by atoms with Gasteiger partial charge in [0.25, 0.3) is 0 Å². The van der Waals surface area contributed by atoms with Gasteiger partial charge in [-0.05, 0) is 6.92 Å². The number of nitrogens with zero attached hydrogens (tertiary/aromatic N) is 1. The minimum absolute atomic E-state index is 0.0842. The van der Waals surface area contributed by atoms with Gasteiger partial charge in [-0.3, -0.25) is 9.00 Å². The molecule has 1 aliphatic rings. The van der Waals surface area contributed by atoms with Gasteiger partial charge in [-0.2, -0.15) is 0 Å². The molecule has 1 fully saturated rings. The van der Waals surface area contributed by atoms with E-state index in [-0.39, 0.29) is 11.9 Å². The van der Waals surface area contributed by atoms with Crippen LogP contribution in [0.25, 0.3) is 0 Å². The van der Waals surface area contributed by atoms with E-state index in [9.17, 15) is 9.00 Å². The molecule has 1 rings (SSSR count). The Kier molecular flexibility index (Phi) is 3.87. The van der Waals surface area contributed by atoms with Gasteiger partial charge in [0.05, 0.1) is 6.04 Å². The highest BCUT2D eigenvalue weighted by atomic mass is 32.2. The summed E-state index contributed by atoms with van der Waals surface area (Å²) in [6, 6.07) is -0.0842. The molecule has 0 aliphatic carbocycles. The van der Waals surface area contributed by atoms with E-state index in [4.69, 9.17) is 0 Å². The quantitative estimate of drug-likeness (QED) is 0.654. The van der Waals surface area contributed by atoms with E-state index >= 15 is 0 Å². The van der Waals surface area contributed by atoms with Gasteiger partial charge in [-0.25, -0.2) is 0 Å². The molecule has 0 aromatic rings. The summed E-state index contributed by atoms with van der Waals surface area (Å²) >= 11 is 0. The number of rotatable bonds is 3. The molecule has 0 saturated carbocycles. The van der Waals surface area contributed by atoms with Gasteiger partial charge in [-0.1, -0.05) is 0 Å².